The Bertz CT molecular complexity index is 1430. The van der Waals surface area contributed by atoms with Crippen molar-refractivity contribution in [1.82, 2.24) is 14.5 Å². The van der Waals surface area contributed by atoms with E-state index in [1.165, 1.54) is 12.1 Å². The Balaban J connectivity index is 1.43. The van der Waals surface area contributed by atoms with Crippen LogP contribution in [0.4, 0.5) is 5.88 Å². The van der Waals surface area contributed by atoms with Crippen molar-refractivity contribution < 1.29 is 27.0 Å². The van der Waals surface area contributed by atoms with Crippen molar-refractivity contribution in [1.29, 1.82) is 0 Å². The monoisotopic (exact) mass is 524 g/mol. The molecule has 0 bridgehead atoms. The molecule has 2 aromatic heterocycles. The Labute approximate surface area is 215 Å². The van der Waals surface area contributed by atoms with Gasteiger partial charge in [-0.05, 0) is 49.2 Å². The number of aromatic nitrogens is 3. The third-order valence-electron chi connectivity index (χ3n) is 5.69. The number of imidazole rings is 1. The van der Waals surface area contributed by atoms with Gasteiger partial charge in [-0.15, -0.1) is 0 Å². The van der Waals surface area contributed by atoms with Crippen LogP contribution in [0.3, 0.4) is 0 Å². The minimum Gasteiger partial charge on any atom is -0.494 e. The van der Waals surface area contributed by atoms with Crippen molar-refractivity contribution in [3.63, 3.8) is 0 Å². The first-order chi connectivity index (χ1) is 18.0. The minimum absolute atomic E-state index is 0.0429. The van der Waals surface area contributed by atoms with E-state index in [0.29, 0.717) is 43.4 Å². The molecule has 0 spiro atoms. The van der Waals surface area contributed by atoms with Gasteiger partial charge < -0.3 is 28.5 Å². The van der Waals surface area contributed by atoms with Gasteiger partial charge >= 0.3 is 0 Å². The zero-order valence-corrected chi connectivity index (χ0v) is 21.2. The second-order valence-electron chi connectivity index (χ2n) is 8.42. The van der Waals surface area contributed by atoms with E-state index >= 15 is 0 Å². The first-order valence-corrected chi connectivity index (χ1v) is 13.6. The summed E-state index contributed by atoms with van der Waals surface area (Å²) in [4.78, 5) is 8.49. The lowest BCUT2D eigenvalue weighted by Crippen LogP contribution is -2.16. The van der Waals surface area contributed by atoms with Gasteiger partial charge in [0.05, 0.1) is 17.8 Å². The van der Waals surface area contributed by atoms with E-state index in [4.69, 9.17) is 18.6 Å². The SMILES string of the molecule is CCCOc1ccc(-c2nc(S(=O)(=O)c3ccc4c(c3)OCCO4)c(NCCCn3ccnc3)o2)cc1. The van der Waals surface area contributed by atoms with Gasteiger partial charge in [-0.2, -0.15) is 4.98 Å². The van der Waals surface area contributed by atoms with E-state index in [9.17, 15) is 8.42 Å². The van der Waals surface area contributed by atoms with Crippen LogP contribution in [0.25, 0.3) is 11.5 Å². The van der Waals surface area contributed by atoms with Crippen molar-refractivity contribution in [3.8, 4) is 28.7 Å². The predicted molar refractivity (Wildman–Crippen MR) is 136 cm³/mol. The third-order valence-corrected chi connectivity index (χ3v) is 7.35. The number of oxazole rings is 1. The van der Waals surface area contributed by atoms with Crippen LogP contribution in [-0.4, -0.2) is 49.3 Å². The zero-order valence-electron chi connectivity index (χ0n) is 20.4. The van der Waals surface area contributed by atoms with Crippen LogP contribution >= 0.6 is 0 Å². The zero-order chi connectivity index (χ0) is 25.7. The molecule has 5 rings (SSSR count). The molecule has 0 saturated carbocycles. The van der Waals surface area contributed by atoms with Crippen LogP contribution in [0.2, 0.25) is 0 Å². The second kappa shape index (κ2) is 11.0. The Hall–Kier alpha value is -3.99. The molecule has 4 aromatic rings. The number of nitrogens with zero attached hydrogens (tertiary/aromatic N) is 3. The molecular formula is C26H28N4O6S. The average molecular weight is 525 g/mol. The summed E-state index contributed by atoms with van der Waals surface area (Å²) in [5.74, 6) is 1.89. The first kappa shape index (κ1) is 24.7. The quantitative estimate of drug-likeness (QED) is 0.284. The van der Waals surface area contributed by atoms with Gasteiger partial charge in [-0.1, -0.05) is 6.92 Å². The summed E-state index contributed by atoms with van der Waals surface area (Å²) in [6.07, 6.45) is 6.95. The Morgan fingerprint density at radius 2 is 1.89 bits per heavy atom. The molecular weight excluding hydrogens is 496 g/mol. The Kier molecular flexibility index (Phi) is 7.31. The molecule has 0 fully saturated rings. The van der Waals surface area contributed by atoms with Crippen molar-refractivity contribution in [2.45, 2.75) is 36.2 Å². The molecule has 10 nitrogen and oxygen atoms in total. The molecule has 0 atom stereocenters. The summed E-state index contributed by atoms with van der Waals surface area (Å²) in [6.45, 7) is 4.61. The third kappa shape index (κ3) is 5.56. The van der Waals surface area contributed by atoms with Crippen LogP contribution in [0, 0.1) is 0 Å². The summed E-state index contributed by atoms with van der Waals surface area (Å²) < 4.78 is 52.0. The largest absolute Gasteiger partial charge is 0.494 e. The maximum Gasteiger partial charge on any atom is 0.233 e. The van der Waals surface area contributed by atoms with Crippen LogP contribution in [0.5, 0.6) is 17.2 Å². The number of ether oxygens (including phenoxy) is 3. The fourth-order valence-corrected chi connectivity index (χ4v) is 5.12. The van der Waals surface area contributed by atoms with Crippen LogP contribution in [-0.2, 0) is 16.4 Å². The fraction of sp³-hybridized carbons (Fsp3) is 0.308. The lowest BCUT2D eigenvalue weighted by molar-refractivity contribution is 0.171. The number of sulfone groups is 1. The van der Waals surface area contributed by atoms with Gasteiger partial charge in [0, 0.05) is 37.1 Å². The minimum atomic E-state index is -4.03. The summed E-state index contributed by atoms with van der Waals surface area (Å²) >= 11 is 0. The number of hydrogen-bond donors (Lipinski definition) is 1. The number of benzene rings is 2. The highest BCUT2D eigenvalue weighted by molar-refractivity contribution is 7.91. The van der Waals surface area contributed by atoms with Crippen molar-refractivity contribution in [2.24, 2.45) is 0 Å². The van der Waals surface area contributed by atoms with Crippen LogP contribution in [0.15, 0.2) is 75.5 Å². The van der Waals surface area contributed by atoms with E-state index in [0.717, 1.165) is 25.1 Å². The Morgan fingerprint density at radius 1 is 1.08 bits per heavy atom. The summed E-state index contributed by atoms with van der Waals surface area (Å²) in [5.41, 5.74) is 0.633. The number of fused-ring (bicyclic) bond motifs is 1. The number of anilines is 1. The molecule has 194 valence electrons. The van der Waals surface area contributed by atoms with E-state index in [1.54, 1.807) is 30.7 Å². The summed E-state index contributed by atoms with van der Waals surface area (Å²) in [5, 5.41) is 2.93. The number of nitrogens with one attached hydrogen (secondary N) is 1. The Morgan fingerprint density at radius 3 is 2.65 bits per heavy atom. The molecule has 3 heterocycles. The molecule has 2 aromatic carbocycles. The second-order valence-corrected chi connectivity index (χ2v) is 10.3. The molecule has 0 unspecified atom stereocenters. The van der Waals surface area contributed by atoms with Gasteiger partial charge in [0.15, 0.2) is 11.5 Å². The highest BCUT2D eigenvalue weighted by atomic mass is 32.2. The first-order valence-electron chi connectivity index (χ1n) is 12.1. The smallest absolute Gasteiger partial charge is 0.233 e. The van der Waals surface area contributed by atoms with E-state index in [2.05, 4.69) is 15.3 Å². The maximum atomic E-state index is 13.7. The number of hydrogen-bond acceptors (Lipinski definition) is 9. The van der Waals surface area contributed by atoms with Gasteiger partial charge in [0.2, 0.25) is 26.6 Å². The molecule has 1 aliphatic heterocycles. The molecule has 37 heavy (non-hydrogen) atoms. The van der Waals surface area contributed by atoms with Gasteiger partial charge in [-0.25, -0.2) is 13.4 Å². The van der Waals surface area contributed by atoms with Gasteiger partial charge in [0.25, 0.3) is 0 Å². The molecule has 1 N–H and O–H groups in total. The van der Waals surface area contributed by atoms with Crippen molar-refractivity contribution >= 4 is 15.7 Å². The summed E-state index contributed by atoms with van der Waals surface area (Å²) in [6, 6.07) is 11.7. The van der Waals surface area contributed by atoms with Crippen LogP contribution < -0.4 is 19.5 Å². The van der Waals surface area contributed by atoms with Crippen molar-refractivity contribution in [2.75, 3.05) is 31.7 Å². The molecule has 0 saturated heterocycles. The highest BCUT2D eigenvalue weighted by Gasteiger charge is 2.30. The summed E-state index contributed by atoms with van der Waals surface area (Å²) in [7, 11) is -4.03. The standard InChI is InChI=1S/C26H28N4O6S/c1-2-14-33-20-6-4-19(5-7-20)24-29-26(25(36-24)28-10-3-12-30-13-11-27-18-30)37(31,32)21-8-9-22-23(17-21)35-16-15-34-22/h4-9,11,13,17-18,28H,2-3,10,12,14-16H2,1H3. The molecule has 11 heteroatoms. The van der Waals surface area contributed by atoms with Crippen LogP contribution in [0.1, 0.15) is 19.8 Å². The molecule has 1 aliphatic rings. The highest BCUT2D eigenvalue weighted by Crippen LogP contribution is 2.37. The number of aryl methyl sites for hydroxylation is 1. The fourth-order valence-electron chi connectivity index (χ4n) is 3.82. The normalized spacial score (nSPS) is 12.9. The number of rotatable bonds is 11. The van der Waals surface area contributed by atoms with Crippen molar-refractivity contribution in [3.05, 3.63) is 61.2 Å². The van der Waals surface area contributed by atoms with E-state index in [-0.39, 0.29) is 21.7 Å². The predicted octanol–water partition coefficient (Wildman–Crippen LogP) is 4.43. The van der Waals surface area contributed by atoms with Gasteiger partial charge in [-0.3, -0.25) is 0 Å². The average Bonchev–Trinajstić information content (AvgIpc) is 3.61. The van der Waals surface area contributed by atoms with Gasteiger partial charge in [0.1, 0.15) is 19.0 Å². The molecule has 0 aliphatic carbocycles. The topological polar surface area (TPSA) is 118 Å². The lowest BCUT2D eigenvalue weighted by Gasteiger charge is -2.18. The molecule has 0 amide bonds. The van der Waals surface area contributed by atoms with E-state index in [1.807, 2.05) is 29.8 Å². The lowest BCUT2D eigenvalue weighted by atomic mass is 10.2. The van der Waals surface area contributed by atoms with E-state index < -0.39 is 9.84 Å². The molecule has 0 radical (unpaired) electrons. The maximum absolute atomic E-state index is 13.7.